The number of carbonyl (C=O) groups excluding carboxylic acids is 2. The van der Waals surface area contributed by atoms with E-state index in [4.69, 9.17) is 0 Å². The lowest BCUT2D eigenvalue weighted by Crippen LogP contribution is -2.58. The van der Waals surface area contributed by atoms with Gasteiger partial charge in [-0.15, -0.1) is 0 Å². The highest BCUT2D eigenvalue weighted by Crippen LogP contribution is 2.49. The molecule has 0 spiro atoms. The van der Waals surface area contributed by atoms with E-state index in [0.29, 0.717) is 6.42 Å². The van der Waals surface area contributed by atoms with Crippen molar-refractivity contribution in [1.29, 1.82) is 0 Å². The number of aliphatic carboxylic acids is 1. The molecule has 3 heterocycles. The summed E-state index contributed by atoms with van der Waals surface area (Å²) in [7, 11) is 0. The molecule has 0 aliphatic carbocycles. The Morgan fingerprint density at radius 2 is 1.79 bits per heavy atom. The minimum atomic E-state index is -1.91. The first-order chi connectivity index (χ1) is 16.4. The molecule has 0 saturated carbocycles. The molecule has 2 saturated heterocycles. The molecule has 0 radical (unpaired) electrons. The lowest BCUT2D eigenvalue weighted by molar-refractivity contribution is -0.153. The van der Waals surface area contributed by atoms with E-state index in [2.05, 4.69) is 22.9 Å². The van der Waals surface area contributed by atoms with Gasteiger partial charge in [-0.3, -0.25) is 24.6 Å². The van der Waals surface area contributed by atoms with Gasteiger partial charge in [-0.05, 0) is 37.1 Å². The molecule has 4 atom stereocenters. The number of rotatable bonds is 7. The maximum absolute atomic E-state index is 13.4. The fourth-order valence-electron chi connectivity index (χ4n) is 5.90. The van der Waals surface area contributed by atoms with Crippen LogP contribution in [-0.2, 0) is 20.9 Å². The zero-order valence-corrected chi connectivity index (χ0v) is 19.3. The molecule has 2 aliphatic rings. The number of hydrogen-bond donors (Lipinski definition) is 3. The monoisotopic (exact) mass is 463 g/mol. The Balaban J connectivity index is 1.66. The van der Waals surface area contributed by atoms with E-state index in [1.54, 1.807) is 0 Å². The molecular weight excluding hydrogens is 434 g/mol. The van der Waals surface area contributed by atoms with Crippen LogP contribution in [0.2, 0.25) is 0 Å². The van der Waals surface area contributed by atoms with Gasteiger partial charge in [0, 0.05) is 40.9 Å². The number of para-hydroxylation sites is 1. The van der Waals surface area contributed by atoms with Crippen LogP contribution in [0.5, 0.6) is 0 Å². The third-order valence-electron chi connectivity index (χ3n) is 7.58. The van der Waals surface area contributed by atoms with E-state index in [1.807, 2.05) is 43.3 Å². The number of aromatic nitrogens is 1. The number of unbranched alkanes of at least 4 members (excludes halogenated alkanes) is 1. The third-order valence-corrected chi connectivity index (χ3v) is 7.58. The summed E-state index contributed by atoms with van der Waals surface area (Å²) in [5.74, 6) is -4.25. The van der Waals surface area contributed by atoms with Gasteiger partial charge >= 0.3 is 5.97 Å². The van der Waals surface area contributed by atoms with Crippen molar-refractivity contribution in [3.05, 3.63) is 48.0 Å². The van der Waals surface area contributed by atoms with Gasteiger partial charge in [0.15, 0.2) is 5.54 Å². The van der Waals surface area contributed by atoms with Gasteiger partial charge in [-0.2, -0.15) is 0 Å². The highest BCUT2D eigenvalue weighted by atomic mass is 16.4. The first-order valence-corrected chi connectivity index (χ1v) is 11.9. The second-order valence-corrected chi connectivity index (χ2v) is 9.28. The lowest BCUT2D eigenvalue weighted by atomic mass is 9.79. The summed E-state index contributed by atoms with van der Waals surface area (Å²) in [5.41, 5.74) is 0.973. The van der Waals surface area contributed by atoms with Gasteiger partial charge in [0.1, 0.15) is 0 Å². The molecule has 2 aliphatic heterocycles. The Hall–Kier alpha value is -3.23. The minimum absolute atomic E-state index is 0.262. The molecule has 5 rings (SSSR count). The number of nitrogens with zero attached hydrogens (tertiary/aromatic N) is 2. The number of aryl methyl sites for hydroxylation is 1. The van der Waals surface area contributed by atoms with Crippen LogP contribution in [0.1, 0.15) is 38.3 Å². The van der Waals surface area contributed by atoms with Gasteiger partial charge in [-0.25, -0.2) is 0 Å². The Morgan fingerprint density at radius 3 is 2.47 bits per heavy atom. The van der Waals surface area contributed by atoms with Crippen LogP contribution in [0.4, 0.5) is 0 Å². The average Bonchev–Trinajstić information content (AvgIpc) is 3.45. The van der Waals surface area contributed by atoms with E-state index in [1.165, 1.54) is 4.90 Å². The molecule has 8 heteroatoms. The molecular formula is C26H29N3O5. The van der Waals surface area contributed by atoms with Gasteiger partial charge in [-0.1, -0.05) is 37.6 Å². The summed E-state index contributed by atoms with van der Waals surface area (Å²) in [4.78, 5) is 40.3. The van der Waals surface area contributed by atoms with Crippen LogP contribution in [0.25, 0.3) is 21.8 Å². The Kier molecular flexibility index (Phi) is 5.45. The largest absolute Gasteiger partial charge is 0.480 e. The standard InChI is InChI=1S/C26H29N3O5/c1-3-5-12-29-23(31)20-21(24(29)32)26(14-30,25(33)34)27-22(20)15-10-11-19-17(13-15)16-8-6-7-9-18(16)28(19)4-2/h6-11,13,20-22,27,30H,3-5,12,14H2,1-2H3,(H,33,34). The molecule has 2 amide bonds. The summed E-state index contributed by atoms with van der Waals surface area (Å²) >= 11 is 0. The Labute approximate surface area is 197 Å². The molecule has 3 N–H and O–H groups in total. The number of aliphatic hydroxyl groups is 1. The Morgan fingerprint density at radius 1 is 1.06 bits per heavy atom. The number of carbonyl (C=O) groups is 3. The predicted octanol–water partition coefficient (Wildman–Crippen LogP) is 2.68. The van der Waals surface area contributed by atoms with E-state index in [9.17, 15) is 24.6 Å². The van der Waals surface area contributed by atoms with Crippen molar-refractivity contribution in [2.24, 2.45) is 11.8 Å². The van der Waals surface area contributed by atoms with Crippen LogP contribution >= 0.6 is 0 Å². The molecule has 178 valence electrons. The number of amides is 2. The number of carboxylic acids is 1. The van der Waals surface area contributed by atoms with E-state index in [-0.39, 0.29) is 12.5 Å². The van der Waals surface area contributed by atoms with Crippen LogP contribution in [0.15, 0.2) is 42.5 Å². The molecule has 0 bridgehead atoms. The van der Waals surface area contributed by atoms with Crippen molar-refractivity contribution in [1.82, 2.24) is 14.8 Å². The summed E-state index contributed by atoms with van der Waals surface area (Å²) in [5, 5.41) is 25.4. The number of benzene rings is 2. The zero-order valence-electron chi connectivity index (χ0n) is 19.3. The first-order valence-electron chi connectivity index (χ1n) is 11.9. The van der Waals surface area contributed by atoms with Gasteiger partial charge in [0.25, 0.3) is 0 Å². The number of likely N-dealkylation sites (tertiary alicyclic amines) is 1. The molecule has 2 aromatic carbocycles. The van der Waals surface area contributed by atoms with Crippen molar-refractivity contribution in [2.45, 2.75) is 44.8 Å². The summed E-state index contributed by atoms with van der Waals surface area (Å²) in [6.07, 6.45) is 1.45. The second-order valence-electron chi connectivity index (χ2n) is 9.28. The fourth-order valence-corrected chi connectivity index (χ4v) is 5.90. The van der Waals surface area contributed by atoms with E-state index >= 15 is 0 Å². The number of imide groups is 1. The quantitative estimate of drug-likeness (QED) is 0.465. The maximum Gasteiger partial charge on any atom is 0.327 e. The zero-order chi connectivity index (χ0) is 24.2. The maximum atomic E-state index is 13.4. The average molecular weight is 464 g/mol. The summed E-state index contributed by atoms with van der Waals surface area (Å²) in [6, 6.07) is 13.2. The summed E-state index contributed by atoms with van der Waals surface area (Å²) in [6.45, 7) is 4.32. The lowest BCUT2D eigenvalue weighted by Gasteiger charge is -2.29. The minimum Gasteiger partial charge on any atom is -0.480 e. The number of fused-ring (bicyclic) bond motifs is 4. The van der Waals surface area contributed by atoms with Crippen LogP contribution in [0, 0.1) is 11.8 Å². The van der Waals surface area contributed by atoms with E-state index < -0.39 is 41.9 Å². The highest BCUT2D eigenvalue weighted by molar-refractivity contribution is 6.10. The number of carboxylic acid groups (broad SMARTS) is 1. The first kappa shape index (κ1) is 22.6. The molecule has 2 fully saturated rings. The predicted molar refractivity (Wildman–Crippen MR) is 127 cm³/mol. The van der Waals surface area contributed by atoms with Crippen molar-refractivity contribution in [2.75, 3.05) is 13.2 Å². The van der Waals surface area contributed by atoms with Crippen LogP contribution in [0.3, 0.4) is 0 Å². The van der Waals surface area contributed by atoms with E-state index in [0.717, 1.165) is 40.3 Å². The highest BCUT2D eigenvalue weighted by Gasteiger charge is 2.68. The molecule has 1 aromatic heterocycles. The van der Waals surface area contributed by atoms with Crippen molar-refractivity contribution in [3.8, 4) is 0 Å². The van der Waals surface area contributed by atoms with Gasteiger partial charge in [0.05, 0.1) is 18.4 Å². The molecule has 3 aromatic rings. The normalized spacial score (nSPS) is 26.7. The van der Waals surface area contributed by atoms with Gasteiger partial charge in [0.2, 0.25) is 11.8 Å². The molecule has 8 nitrogen and oxygen atoms in total. The van der Waals surface area contributed by atoms with Crippen molar-refractivity contribution < 1.29 is 24.6 Å². The third kappa shape index (κ3) is 2.95. The molecule has 4 unspecified atom stereocenters. The fraction of sp³-hybridized carbons (Fsp3) is 0.423. The summed E-state index contributed by atoms with van der Waals surface area (Å²) < 4.78 is 2.21. The van der Waals surface area contributed by atoms with Crippen molar-refractivity contribution >= 4 is 39.6 Å². The number of aliphatic hydroxyl groups excluding tert-OH is 1. The number of hydrogen-bond acceptors (Lipinski definition) is 5. The van der Waals surface area contributed by atoms with Gasteiger partial charge < -0.3 is 14.8 Å². The number of nitrogens with one attached hydrogen (secondary N) is 1. The van der Waals surface area contributed by atoms with Crippen LogP contribution in [-0.4, -0.2) is 56.2 Å². The molecule has 34 heavy (non-hydrogen) atoms. The Bertz CT molecular complexity index is 1310. The van der Waals surface area contributed by atoms with Crippen LogP contribution < -0.4 is 5.32 Å². The topological polar surface area (TPSA) is 112 Å². The second kappa shape index (κ2) is 8.21. The smallest absolute Gasteiger partial charge is 0.327 e. The SMILES string of the molecule is CCCCN1C(=O)C2C(c3ccc4c(c3)c3ccccc3n4CC)NC(CO)(C(=O)O)C2C1=O. The van der Waals surface area contributed by atoms with Crippen molar-refractivity contribution in [3.63, 3.8) is 0 Å².